The van der Waals surface area contributed by atoms with Gasteiger partial charge < -0.3 is 23.9 Å². The Labute approximate surface area is 277 Å². The number of morpholine rings is 1. The van der Waals surface area contributed by atoms with E-state index in [0.717, 1.165) is 66.2 Å². The molecule has 2 aliphatic rings. The first-order valence-electron chi connectivity index (χ1n) is 15.2. The fourth-order valence-corrected chi connectivity index (χ4v) is 6.81. The normalized spacial score (nSPS) is 16.5. The van der Waals surface area contributed by atoms with Gasteiger partial charge >= 0.3 is 5.97 Å². The maximum atomic E-state index is 13.4. The number of thiocarbonyl (C=S) groups is 1. The van der Waals surface area contributed by atoms with E-state index in [9.17, 15) is 9.59 Å². The lowest BCUT2D eigenvalue weighted by atomic mass is 10.00. The van der Waals surface area contributed by atoms with Gasteiger partial charge in [-0.3, -0.25) is 14.6 Å². The predicted octanol–water partition coefficient (Wildman–Crippen LogP) is 5.92. The highest BCUT2D eigenvalue weighted by atomic mass is 32.2. The smallest absolute Gasteiger partial charge is 0.335 e. The Hall–Kier alpha value is -4.16. The summed E-state index contributed by atoms with van der Waals surface area (Å²) in [5.74, 6) is 0.262. The monoisotopic (exact) mass is 657 g/mol. The van der Waals surface area contributed by atoms with Crippen LogP contribution in [0.15, 0.2) is 77.8 Å². The average Bonchev–Trinajstić information content (AvgIpc) is 3.57. The molecule has 0 atom stereocenters. The summed E-state index contributed by atoms with van der Waals surface area (Å²) in [6.45, 7) is 5.50. The molecule has 0 saturated carbocycles. The fraction of sp³-hybridized carbons (Fsp3) is 0.286. The number of benzene rings is 3. The summed E-state index contributed by atoms with van der Waals surface area (Å²) in [5, 5.41) is 10.2. The van der Waals surface area contributed by atoms with Crippen LogP contribution in [-0.4, -0.2) is 88.3 Å². The van der Waals surface area contributed by atoms with E-state index in [1.165, 1.54) is 23.9 Å². The van der Waals surface area contributed by atoms with Gasteiger partial charge in [-0.25, -0.2) is 4.79 Å². The number of amides is 1. The highest BCUT2D eigenvalue weighted by molar-refractivity contribution is 8.26. The lowest BCUT2D eigenvalue weighted by Crippen LogP contribution is -2.38. The molecule has 3 aromatic carbocycles. The topological polar surface area (TPSA) is 93.5 Å². The molecule has 0 spiro atoms. The Morgan fingerprint density at radius 2 is 1.80 bits per heavy atom. The maximum Gasteiger partial charge on any atom is 0.335 e. The van der Waals surface area contributed by atoms with Gasteiger partial charge in [0.25, 0.3) is 5.91 Å². The molecule has 46 heavy (non-hydrogen) atoms. The number of ether oxygens (including phenoxy) is 3. The average molecular weight is 658 g/mol. The first-order chi connectivity index (χ1) is 22.4. The molecular weight excluding hydrogens is 623 g/mol. The Kier molecular flexibility index (Phi) is 10.0. The zero-order valence-electron chi connectivity index (χ0n) is 25.5. The third kappa shape index (κ3) is 7.45. The molecule has 0 aliphatic carbocycles. The second-order valence-electron chi connectivity index (χ2n) is 11.1. The van der Waals surface area contributed by atoms with Crippen molar-refractivity contribution in [1.82, 2.24) is 14.4 Å². The van der Waals surface area contributed by atoms with Crippen LogP contribution in [0.3, 0.4) is 0 Å². The molecule has 2 fully saturated rings. The molecule has 11 heteroatoms. The Balaban J connectivity index is 1.15. The number of aromatic carboxylic acids is 1. The molecule has 1 N–H and O–H groups in total. The molecule has 0 bridgehead atoms. The van der Waals surface area contributed by atoms with Crippen LogP contribution in [0.25, 0.3) is 28.1 Å². The van der Waals surface area contributed by atoms with Gasteiger partial charge in [-0.1, -0.05) is 36.1 Å². The summed E-state index contributed by atoms with van der Waals surface area (Å²) in [7, 11) is 2.04. The SMILES string of the molecule is Cn1ccc2cc(-c3cc(/C=C4\SC(=S)N(CCCOc5ccc(C(=O)O)cc5)C4=O)ccc3OCCN3CCOCC3)ccc21. The quantitative estimate of drug-likeness (QED) is 0.113. The highest BCUT2D eigenvalue weighted by Gasteiger charge is 2.31. The lowest BCUT2D eigenvalue weighted by Gasteiger charge is -2.26. The number of carbonyl (C=O) groups excluding carboxylic acids is 1. The Morgan fingerprint density at radius 1 is 1.00 bits per heavy atom. The molecule has 6 rings (SSSR count). The molecule has 1 amide bonds. The van der Waals surface area contributed by atoms with E-state index in [-0.39, 0.29) is 11.5 Å². The first kappa shape index (κ1) is 31.8. The Bertz CT molecular complexity index is 1780. The Morgan fingerprint density at radius 3 is 2.59 bits per heavy atom. The van der Waals surface area contributed by atoms with Crippen LogP contribution in [0, 0.1) is 0 Å². The first-order valence-corrected chi connectivity index (χ1v) is 16.4. The molecule has 4 aromatic rings. The lowest BCUT2D eigenvalue weighted by molar-refractivity contribution is -0.122. The van der Waals surface area contributed by atoms with E-state index in [1.54, 1.807) is 17.0 Å². The summed E-state index contributed by atoms with van der Waals surface area (Å²) >= 11 is 6.86. The van der Waals surface area contributed by atoms with Gasteiger partial charge in [0, 0.05) is 55.9 Å². The van der Waals surface area contributed by atoms with Crippen LogP contribution >= 0.6 is 24.0 Å². The number of carbonyl (C=O) groups is 2. The molecule has 238 valence electrons. The second-order valence-corrected chi connectivity index (χ2v) is 12.8. The number of carboxylic acids is 1. The second kappa shape index (κ2) is 14.5. The number of hydrogen-bond donors (Lipinski definition) is 1. The molecule has 9 nitrogen and oxygen atoms in total. The van der Waals surface area contributed by atoms with Crippen molar-refractivity contribution in [3.63, 3.8) is 0 Å². The van der Waals surface area contributed by atoms with Crippen LogP contribution in [0.1, 0.15) is 22.3 Å². The van der Waals surface area contributed by atoms with Crippen LogP contribution in [0.4, 0.5) is 0 Å². The van der Waals surface area contributed by atoms with Gasteiger partial charge in [0.05, 0.1) is 30.3 Å². The third-order valence-corrected chi connectivity index (χ3v) is 9.41. The van der Waals surface area contributed by atoms with Crippen molar-refractivity contribution in [2.24, 2.45) is 7.05 Å². The van der Waals surface area contributed by atoms with E-state index in [2.05, 4.69) is 46.0 Å². The maximum absolute atomic E-state index is 13.4. The standard InChI is InChI=1S/C35H35N3O6S2/c1-36-13-11-27-23-26(6-9-30(27)36)29-21-24(3-10-31(29)44-20-16-37-14-18-42-19-15-37)22-32-33(39)38(35(45)46-32)12-2-17-43-28-7-4-25(5-8-28)34(40)41/h3-11,13,21-23H,2,12,14-20H2,1H3,(H,40,41)/b32-22-. The van der Waals surface area contributed by atoms with Gasteiger partial charge in [0.1, 0.15) is 22.4 Å². The fourth-order valence-electron chi connectivity index (χ4n) is 5.50. The summed E-state index contributed by atoms with van der Waals surface area (Å²) in [4.78, 5) is 28.9. The number of aromatic nitrogens is 1. The zero-order chi connectivity index (χ0) is 32.0. The van der Waals surface area contributed by atoms with Crippen molar-refractivity contribution in [2.45, 2.75) is 6.42 Å². The molecule has 1 aromatic heterocycles. The van der Waals surface area contributed by atoms with Gasteiger partial charge in [-0.05, 0) is 78.2 Å². The summed E-state index contributed by atoms with van der Waals surface area (Å²) in [5.41, 5.74) is 4.25. The zero-order valence-corrected chi connectivity index (χ0v) is 27.1. The number of aryl methyl sites for hydroxylation is 1. The largest absolute Gasteiger partial charge is 0.494 e. The number of thioether (sulfide) groups is 1. The number of hydrogen-bond acceptors (Lipinski definition) is 8. The number of nitrogens with zero attached hydrogens (tertiary/aromatic N) is 3. The van der Waals surface area contributed by atoms with E-state index in [0.29, 0.717) is 41.2 Å². The van der Waals surface area contributed by atoms with Gasteiger partial charge in [-0.2, -0.15) is 0 Å². The van der Waals surface area contributed by atoms with E-state index >= 15 is 0 Å². The van der Waals surface area contributed by atoms with Crippen LogP contribution < -0.4 is 9.47 Å². The van der Waals surface area contributed by atoms with Crippen molar-refractivity contribution < 1.29 is 28.9 Å². The highest BCUT2D eigenvalue weighted by Crippen LogP contribution is 2.37. The minimum atomic E-state index is -0.984. The van der Waals surface area contributed by atoms with Gasteiger partial charge in [0.2, 0.25) is 0 Å². The van der Waals surface area contributed by atoms with E-state index in [1.807, 2.05) is 25.3 Å². The van der Waals surface area contributed by atoms with Gasteiger partial charge in [0.15, 0.2) is 0 Å². The van der Waals surface area contributed by atoms with Crippen LogP contribution in [0.5, 0.6) is 11.5 Å². The molecule has 0 unspecified atom stereocenters. The predicted molar refractivity (Wildman–Crippen MR) is 185 cm³/mol. The minimum Gasteiger partial charge on any atom is -0.494 e. The molecule has 2 aliphatic heterocycles. The molecule has 2 saturated heterocycles. The summed E-state index contributed by atoms with van der Waals surface area (Å²) in [6, 6.07) is 20.8. The molecule has 3 heterocycles. The minimum absolute atomic E-state index is 0.126. The molecular formula is C35H35N3O6S2. The van der Waals surface area contributed by atoms with E-state index in [4.69, 9.17) is 31.5 Å². The number of carboxylic acid groups (broad SMARTS) is 1. The van der Waals surface area contributed by atoms with Crippen molar-refractivity contribution >= 4 is 57.2 Å². The third-order valence-electron chi connectivity index (χ3n) is 8.04. The van der Waals surface area contributed by atoms with Crippen molar-refractivity contribution in [1.29, 1.82) is 0 Å². The van der Waals surface area contributed by atoms with Crippen LogP contribution in [-0.2, 0) is 16.6 Å². The van der Waals surface area contributed by atoms with Crippen molar-refractivity contribution in [3.8, 4) is 22.6 Å². The van der Waals surface area contributed by atoms with Crippen molar-refractivity contribution in [3.05, 3.63) is 89.0 Å². The van der Waals surface area contributed by atoms with E-state index < -0.39 is 5.97 Å². The summed E-state index contributed by atoms with van der Waals surface area (Å²) < 4.78 is 20.2. The van der Waals surface area contributed by atoms with Crippen LogP contribution in [0.2, 0.25) is 0 Å². The van der Waals surface area contributed by atoms with Crippen molar-refractivity contribution in [2.75, 3.05) is 52.6 Å². The summed E-state index contributed by atoms with van der Waals surface area (Å²) in [6.07, 6.45) is 4.52. The molecule has 0 radical (unpaired) electrons. The van der Waals surface area contributed by atoms with Gasteiger partial charge in [-0.15, -0.1) is 0 Å². The number of fused-ring (bicyclic) bond motifs is 1. The number of rotatable bonds is 12.